The normalized spacial score (nSPS) is 15.3. The van der Waals surface area contributed by atoms with Crippen molar-refractivity contribution >= 4 is 32.2 Å². The summed E-state index contributed by atoms with van der Waals surface area (Å²) in [6.07, 6.45) is -0.486. The van der Waals surface area contributed by atoms with Crippen LogP contribution in [0.25, 0.3) is 0 Å². The molecule has 0 heterocycles. The molecule has 0 rings (SSSR count). The number of esters is 4. The van der Waals surface area contributed by atoms with E-state index >= 15 is 0 Å². The van der Waals surface area contributed by atoms with Crippen LogP contribution < -0.4 is 0 Å². The van der Waals surface area contributed by atoms with E-state index in [0.29, 0.717) is 38.7 Å². The van der Waals surface area contributed by atoms with Crippen molar-refractivity contribution in [3.8, 4) is 0 Å². The summed E-state index contributed by atoms with van der Waals surface area (Å²) in [4.78, 5) is 47.8. The molecule has 0 fully saturated rings. The molecule has 0 aliphatic carbocycles. The quantitative estimate of drug-likeness (QED) is 0.116. The third kappa shape index (κ3) is 13.4. The van der Waals surface area contributed by atoms with Crippen LogP contribution in [0.3, 0.4) is 0 Å². The number of unbranched alkanes of at least 4 members (excludes halogenated alkanes) is 2. The topological polar surface area (TPSA) is 114 Å². The largest absolute Gasteiger partial charge is 0.458 e. The fourth-order valence-corrected chi connectivity index (χ4v) is 4.58. The first kappa shape index (κ1) is 34.1. The maximum absolute atomic E-state index is 12.0. The Hall–Kier alpha value is -1.94. The summed E-state index contributed by atoms with van der Waals surface area (Å²) in [7, 11) is -1.89. The predicted molar refractivity (Wildman–Crippen MR) is 139 cm³/mol. The molecule has 0 aromatic carbocycles. The molecule has 0 aliphatic rings. The van der Waals surface area contributed by atoms with Crippen LogP contribution in [0.5, 0.6) is 0 Å². The second-order valence-corrected chi connectivity index (χ2v) is 15.5. The summed E-state index contributed by atoms with van der Waals surface area (Å²) < 4.78 is 28.4. The average Bonchev–Trinajstić information content (AvgIpc) is 2.70. The smallest absolute Gasteiger partial charge is 0.303 e. The zero-order chi connectivity index (χ0) is 28.1. The van der Waals surface area contributed by atoms with Gasteiger partial charge in [-0.15, -0.1) is 0 Å². The molecular weight excluding hydrogens is 484 g/mol. The van der Waals surface area contributed by atoms with Crippen LogP contribution in [0.4, 0.5) is 0 Å². The molecule has 36 heavy (non-hydrogen) atoms. The second-order valence-electron chi connectivity index (χ2n) is 10.7. The lowest BCUT2D eigenvalue weighted by molar-refractivity contribution is -0.199. The molecule has 0 amide bonds. The molecule has 0 saturated heterocycles. The molecule has 0 aliphatic heterocycles. The van der Waals surface area contributed by atoms with Crippen LogP contribution in [-0.2, 0) is 42.6 Å². The molecule has 0 aromatic rings. The fraction of sp³-hybridized carbons (Fsp3) is 0.846. The predicted octanol–water partition coefficient (Wildman–Crippen LogP) is 5.10. The van der Waals surface area contributed by atoms with Gasteiger partial charge in [0.1, 0.15) is 12.2 Å². The van der Waals surface area contributed by atoms with Gasteiger partial charge in [-0.1, -0.05) is 34.1 Å². The van der Waals surface area contributed by atoms with Crippen molar-refractivity contribution in [1.29, 1.82) is 0 Å². The van der Waals surface area contributed by atoms with Crippen LogP contribution in [-0.4, -0.2) is 63.2 Å². The van der Waals surface area contributed by atoms with Crippen LogP contribution in [0.2, 0.25) is 18.1 Å². The molecule has 0 spiro atoms. The second kappa shape index (κ2) is 16.0. The van der Waals surface area contributed by atoms with Gasteiger partial charge in [0.05, 0.1) is 0 Å². The van der Waals surface area contributed by atoms with Crippen LogP contribution in [0.15, 0.2) is 0 Å². The van der Waals surface area contributed by atoms with E-state index < -0.39 is 56.6 Å². The van der Waals surface area contributed by atoms with Crippen LogP contribution in [0, 0.1) is 0 Å². The highest BCUT2D eigenvalue weighted by Crippen LogP contribution is 2.36. The van der Waals surface area contributed by atoms with Gasteiger partial charge in [-0.3, -0.25) is 19.2 Å². The van der Waals surface area contributed by atoms with Crippen molar-refractivity contribution in [2.45, 2.75) is 136 Å². The van der Waals surface area contributed by atoms with Crippen molar-refractivity contribution in [1.82, 2.24) is 0 Å². The van der Waals surface area contributed by atoms with E-state index in [1.807, 2.05) is 6.92 Å². The molecule has 0 aromatic heterocycles. The van der Waals surface area contributed by atoms with Gasteiger partial charge < -0.3 is 23.4 Å². The third-order valence-corrected chi connectivity index (χ3v) is 10.8. The van der Waals surface area contributed by atoms with E-state index in [1.54, 1.807) is 0 Å². The van der Waals surface area contributed by atoms with Gasteiger partial charge in [0.25, 0.3) is 0 Å². The molecule has 0 unspecified atom stereocenters. The Kier molecular flexibility index (Phi) is 15.2. The number of hydrogen-bond acceptors (Lipinski definition) is 9. The van der Waals surface area contributed by atoms with E-state index in [1.165, 1.54) is 27.7 Å². The summed E-state index contributed by atoms with van der Waals surface area (Å²) in [6, 6.07) is 0. The van der Waals surface area contributed by atoms with Gasteiger partial charge in [0.15, 0.2) is 20.5 Å². The first-order valence-electron chi connectivity index (χ1n) is 12.8. The van der Waals surface area contributed by atoms with Crippen LogP contribution in [0.1, 0.15) is 93.9 Å². The Morgan fingerprint density at radius 1 is 0.667 bits per heavy atom. The SMILES string of the molecule is CCCC[C@H](OC(C)=O)[C@@H](OC(C)=O)[C@H](OC(C)=O)[C@@H](CCCCO[Si](C)(C)C(C)(C)C)OC(C)=O. The van der Waals surface area contributed by atoms with Crippen molar-refractivity contribution in [2.75, 3.05) is 6.61 Å². The highest BCUT2D eigenvalue weighted by atomic mass is 28.4. The highest BCUT2D eigenvalue weighted by Gasteiger charge is 2.43. The molecule has 0 saturated carbocycles. The third-order valence-electron chi connectivity index (χ3n) is 6.29. The van der Waals surface area contributed by atoms with E-state index in [2.05, 4.69) is 33.9 Å². The number of carbonyl (C=O) groups excluding carboxylic acids is 4. The molecule has 4 atom stereocenters. The monoisotopic (exact) mass is 532 g/mol. The molecular formula is C26H48O9Si. The van der Waals surface area contributed by atoms with Crippen LogP contribution >= 0.6 is 0 Å². The zero-order valence-corrected chi connectivity index (χ0v) is 24.9. The maximum atomic E-state index is 12.0. The lowest BCUT2D eigenvalue weighted by Gasteiger charge is -2.36. The highest BCUT2D eigenvalue weighted by molar-refractivity contribution is 6.74. The molecule has 10 heteroatoms. The van der Waals surface area contributed by atoms with E-state index in [-0.39, 0.29) is 5.04 Å². The fourth-order valence-electron chi connectivity index (χ4n) is 3.50. The number of rotatable bonds is 16. The first-order chi connectivity index (χ1) is 16.5. The van der Waals surface area contributed by atoms with Crippen molar-refractivity contribution in [2.24, 2.45) is 0 Å². The van der Waals surface area contributed by atoms with Gasteiger partial charge >= 0.3 is 23.9 Å². The number of hydrogen-bond donors (Lipinski definition) is 0. The van der Waals surface area contributed by atoms with E-state index in [9.17, 15) is 19.2 Å². The van der Waals surface area contributed by atoms with Gasteiger partial charge in [-0.2, -0.15) is 0 Å². The molecule has 9 nitrogen and oxygen atoms in total. The Morgan fingerprint density at radius 3 is 1.39 bits per heavy atom. The van der Waals surface area contributed by atoms with Crippen molar-refractivity contribution < 1.29 is 42.6 Å². The molecule has 0 radical (unpaired) electrons. The summed E-state index contributed by atoms with van der Waals surface area (Å²) in [5.41, 5.74) is 0. The zero-order valence-electron chi connectivity index (χ0n) is 23.9. The van der Waals surface area contributed by atoms with Crippen molar-refractivity contribution in [3.05, 3.63) is 0 Å². The summed E-state index contributed by atoms with van der Waals surface area (Å²) in [5.74, 6) is -2.38. The van der Waals surface area contributed by atoms with Gasteiger partial charge in [-0.05, 0) is 50.2 Å². The number of carbonyl (C=O) groups is 4. The summed E-state index contributed by atoms with van der Waals surface area (Å²) >= 11 is 0. The Labute approximate surface area is 218 Å². The van der Waals surface area contributed by atoms with E-state index in [4.69, 9.17) is 23.4 Å². The summed E-state index contributed by atoms with van der Waals surface area (Å²) in [5, 5.41) is 0.0924. The van der Waals surface area contributed by atoms with Gasteiger partial charge in [0.2, 0.25) is 0 Å². The molecule has 0 bridgehead atoms. The maximum Gasteiger partial charge on any atom is 0.303 e. The van der Waals surface area contributed by atoms with Crippen molar-refractivity contribution in [3.63, 3.8) is 0 Å². The minimum atomic E-state index is -1.89. The van der Waals surface area contributed by atoms with Gasteiger partial charge in [-0.25, -0.2) is 0 Å². The molecule has 210 valence electrons. The number of ether oxygens (including phenoxy) is 4. The Morgan fingerprint density at radius 2 is 1.06 bits per heavy atom. The minimum absolute atomic E-state index is 0.0924. The lowest BCUT2D eigenvalue weighted by Crippen LogP contribution is -2.51. The van der Waals surface area contributed by atoms with E-state index in [0.717, 1.165) is 6.42 Å². The minimum Gasteiger partial charge on any atom is -0.458 e. The first-order valence-corrected chi connectivity index (χ1v) is 15.8. The standard InChI is InChI=1S/C26H48O9Si/c1-11-12-15-22(32-18(2)27)24(34-20(4)29)25(35-21(5)30)23(33-19(3)28)16-13-14-17-31-36(9,10)26(6,7)8/h22-25H,11-17H2,1-10H3/t22-,23+,24+,25+/m0/s1. The average molecular weight is 533 g/mol. The lowest BCUT2D eigenvalue weighted by atomic mass is 9.95. The summed E-state index contributed by atoms with van der Waals surface area (Å²) in [6.45, 7) is 18.4. The Balaban J connectivity index is 5.84. The Bertz CT molecular complexity index is 715. The van der Waals surface area contributed by atoms with Gasteiger partial charge in [0, 0.05) is 34.3 Å². The molecule has 0 N–H and O–H groups in total.